The van der Waals surface area contributed by atoms with Gasteiger partial charge in [-0.15, -0.1) is 6.42 Å². The lowest BCUT2D eigenvalue weighted by molar-refractivity contribution is -0.123. The Labute approximate surface area is 165 Å². The quantitative estimate of drug-likeness (QED) is 0.422. The largest absolute Gasteiger partial charge is 0.481 e. The smallest absolute Gasteiger partial charge is 0.262 e. The van der Waals surface area contributed by atoms with Crippen LogP contribution in [-0.4, -0.2) is 30.7 Å². The molecule has 0 bridgehead atoms. The number of terminal acetylenes is 1. The minimum absolute atomic E-state index is 0.101. The SMILES string of the molecule is C#CCOc1ccc(C=NNC(=O)C(NC(=O)c2ccccc2)C(C)C)cc1. The van der Waals surface area contributed by atoms with Crippen molar-refractivity contribution < 1.29 is 14.3 Å². The fourth-order valence-electron chi connectivity index (χ4n) is 2.36. The van der Waals surface area contributed by atoms with Crippen LogP contribution >= 0.6 is 0 Å². The summed E-state index contributed by atoms with van der Waals surface area (Å²) in [6.45, 7) is 3.91. The number of amides is 2. The molecule has 0 fully saturated rings. The molecule has 1 atom stereocenters. The molecule has 0 aliphatic rings. The minimum atomic E-state index is -0.704. The van der Waals surface area contributed by atoms with Crippen LogP contribution < -0.4 is 15.5 Å². The van der Waals surface area contributed by atoms with Crippen molar-refractivity contribution in [3.05, 3.63) is 65.7 Å². The van der Waals surface area contributed by atoms with Gasteiger partial charge in [-0.2, -0.15) is 5.10 Å². The number of nitrogens with zero attached hydrogens (tertiary/aromatic N) is 1. The van der Waals surface area contributed by atoms with Crippen molar-refractivity contribution >= 4 is 18.0 Å². The van der Waals surface area contributed by atoms with Crippen molar-refractivity contribution in [2.45, 2.75) is 19.9 Å². The Morgan fingerprint density at radius 3 is 2.43 bits per heavy atom. The molecule has 6 heteroatoms. The van der Waals surface area contributed by atoms with Crippen LogP contribution in [0, 0.1) is 18.3 Å². The molecule has 2 amide bonds. The molecule has 144 valence electrons. The molecule has 0 aromatic heterocycles. The molecule has 0 saturated carbocycles. The second-order valence-corrected chi connectivity index (χ2v) is 6.36. The van der Waals surface area contributed by atoms with E-state index in [4.69, 9.17) is 11.2 Å². The molecule has 0 radical (unpaired) electrons. The summed E-state index contributed by atoms with van der Waals surface area (Å²) in [7, 11) is 0. The summed E-state index contributed by atoms with van der Waals surface area (Å²) >= 11 is 0. The van der Waals surface area contributed by atoms with E-state index in [0.717, 1.165) is 5.56 Å². The van der Waals surface area contributed by atoms with Gasteiger partial charge in [0.05, 0.1) is 6.21 Å². The first-order chi connectivity index (χ1) is 13.5. The van der Waals surface area contributed by atoms with Crippen LogP contribution in [0.1, 0.15) is 29.8 Å². The number of carbonyl (C=O) groups excluding carboxylic acids is 2. The van der Waals surface area contributed by atoms with Crippen molar-refractivity contribution in [3.63, 3.8) is 0 Å². The average Bonchev–Trinajstić information content (AvgIpc) is 2.71. The summed E-state index contributed by atoms with van der Waals surface area (Å²) in [4.78, 5) is 24.7. The maximum Gasteiger partial charge on any atom is 0.262 e. The number of hydrogen-bond acceptors (Lipinski definition) is 4. The second-order valence-electron chi connectivity index (χ2n) is 6.36. The fraction of sp³-hybridized carbons (Fsp3) is 0.227. The highest BCUT2D eigenvalue weighted by Gasteiger charge is 2.24. The van der Waals surface area contributed by atoms with Gasteiger partial charge >= 0.3 is 0 Å². The van der Waals surface area contributed by atoms with E-state index in [-0.39, 0.29) is 24.3 Å². The van der Waals surface area contributed by atoms with Crippen LogP contribution in [0.2, 0.25) is 0 Å². The van der Waals surface area contributed by atoms with E-state index < -0.39 is 6.04 Å². The normalized spacial score (nSPS) is 11.6. The molecular formula is C22H23N3O3. The predicted molar refractivity (Wildman–Crippen MR) is 109 cm³/mol. The third-order valence-electron chi connectivity index (χ3n) is 3.86. The Bertz CT molecular complexity index is 853. The van der Waals surface area contributed by atoms with Crippen LogP contribution in [0.3, 0.4) is 0 Å². The first-order valence-corrected chi connectivity index (χ1v) is 8.86. The molecule has 2 N–H and O–H groups in total. The number of hydrazone groups is 1. The Morgan fingerprint density at radius 1 is 1.14 bits per heavy atom. The lowest BCUT2D eigenvalue weighted by Crippen LogP contribution is -2.48. The minimum Gasteiger partial charge on any atom is -0.481 e. The highest BCUT2D eigenvalue weighted by molar-refractivity contribution is 5.97. The molecule has 0 heterocycles. The van der Waals surface area contributed by atoms with Gasteiger partial charge in [-0.05, 0) is 47.9 Å². The van der Waals surface area contributed by atoms with Gasteiger partial charge in [-0.1, -0.05) is 38.0 Å². The number of benzene rings is 2. The van der Waals surface area contributed by atoms with E-state index in [0.29, 0.717) is 11.3 Å². The van der Waals surface area contributed by atoms with E-state index in [9.17, 15) is 9.59 Å². The van der Waals surface area contributed by atoms with Crippen molar-refractivity contribution in [1.29, 1.82) is 0 Å². The summed E-state index contributed by atoms with van der Waals surface area (Å²) in [6, 6.07) is 15.2. The summed E-state index contributed by atoms with van der Waals surface area (Å²) < 4.78 is 5.29. The summed E-state index contributed by atoms with van der Waals surface area (Å²) in [5.41, 5.74) is 3.75. The number of nitrogens with one attached hydrogen (secondary N) is 2. The van der Waals surface area contributed by atoms with Gasteiger partial charge < -0.3 is 10.1 Å². The molecule has 2 aromatic rings. The standard InChI is InChI=1S/C22H23N3O3/c1-4-14-28-19-12-10-17(11-13-19)15-23-25-22(27)20(16(2)3)24-21(26)18-8-6-5-7-9-18/h1,5-13,15-16,20H,14H2,2-3H3,(H,24,26)(H,25,27). The zero-order chi connectivity index (χ0) is 20.4. The van der Waals surface area contributed by atoms with Crippen LogP contribution in [0.5, 0.6) is 5.75 Å². The average molecular weight is 377 g/mol. The lowest BCUT2D eigenvalue weighted by Gasteiger charge is -2.20. The Hall–Kier alpha value is -3.59. The van der Waals surface area contributed by atoms with Crippen molar-refractivity contribution in [1.82, 2.24) is 10.7 Å². The van der Waals surface area contributed by atoms with E-state index in [1.54, 1.807) is 48.5 Å². The van der Waals surface area contributed by atoms with Gasteiger partial charge in [-0.3, -0.25) is 9.59 Å². The molecule has 2 aromatic carbocycles. The van der Waals surface area contributed by atoms with E-state index in [1.165, 1.54) is 6.21 Å². The maximum absolute atomic E-state index is 12.4. The van der Waals surface area contributed by atoms with Crippen LogP contribution in [0.25, 0.3) is 0 Å². The maximum atomic E-state index is 12.4. The van der Waals surface area contributed by atoms with E-state index in [2.05, 4.69) is 21.8 Å². The van der Waals surface area contributed by atoms with Gasteiger partial charge in [0.1, 0.15) is 18.4 Å². The molecule has 1 unspecified atom stereocenters. The fourth-order valence-corrected chi connectivity index (χ4v) is 2.36. The lowest BCUT2D eigenvalue weighted by atomic mass is 10.0. The molecule has 28 heavy (non-hydrogen) atoms. The molecule has 0 spiro atoms. The van der Waals surface area contributed by atoms with Gasteiger partial charge in [0, 0.05) is 5.56 Å². The van der Waals surface area contributed by atoms with Crippen LogP contribution in [0.15, 0.2) is 59.7 Å². The van der Waals surface area contributed by atoms with Gasteiger partial charge in [0.15, 0.2) is 0 Å². The number of carbonyl (C=O) groups is 2. The second kappa shape index (κ2) is 10.5. The topological polar surface area (TPSA) is 79.8 Å². The van der Waals surface area contributed by atoms with Crippen molar-refractivity contribution in [3.8, 4) is 18.1 Å². The highest BCUT2D eigenvalue weighted by atomic mass is 16.5. The van der Waals surface area contributed by atoms with Gasteiger partial charge in [0.2, 0.25) is 0 Å². The highest BCUT2D eigenvalue weighted by Crippen LogP contribution is 2.10. The van der Waals surface area contributed by atoms with Crippen molar-refractivity contribution in [2.24, 2.45) is 11.0 Å². The Kier molecular flexibility index (Phi) is 7.79. The zero-order valence-electron chi connectivity index (χ0n) is 15.9. The van der Waals surface area contributed by atoms with Crippen molar-refractivity contribution in [2.75, 3.05) is 6.61 Å². The third kappa shape index (κ3) is 6.29. The predicted octanol–water partition coefficient (Wildman–Crippen LogP) is 2.60. The summed E-state index contributed by atoms with van der Waals surface area (Å²) in [6.07, 6.45) is 6.66. The first kappa shape index (κ1) is 20.7. The number of rotatable bonds is 8. The summed E-state index contributed by atoms with van der Waals surface area (Å²) in [5.74, 6) is 2.26. The zero-order valence-corrected chi connectivity index (χ0v) is 15.9. The molecule has 0 saturated heterocycles. The van der Waals surface area contributed by atoms with Gasteiger partial charge in [0.25, 0.3) is 11.8 Å². The third-order valence-corrected chi connectivity index (χ3v) is 3.86. The molecule has 0 aliphatic carbocycles. The van der Waals surface area contributed by atoms with E-state index in [1.807, 2.05) is 19.9 Å². The Balaban J connectivity index is 1.94. The number of ether oxygens (including phenoxy) is 1. The summed E-state index contributed by atoms with van der Waals surface area (Å²) in [5, 5.41) is 6.72. The van der Waals surface area contributed by atoms with E-state index >= 15 is 0 Å². The molecule has 6 nitrogen and oxygen atoms in total. The monoisotopic (exact) mass is 377 g/mol. The molecular weight excluding hydrogens is 354 g/mol. The van der Waals surface area contributed by atoms with Crippen LogP contribution in [-0.2, 0) is 4.79 Å². The molecule has 2 rings (SSSR count). The van der Waals surface area contributed by atoms with Crippen LogP contribution in [0.4, 0.5) is 0 Å². The number of hydrogen-bond donors (Lipinski definition) is 2. The first-order valence-electron chi connectivity index (χ1n) is 8.86. The van der Waals surface area contributed by atoms with Gasteiger partial charge in [-0.25, -0.2) is 5.43 Å². The Morgan fingerprint density at radius 2 is 1.82 bits per heavy atom. The molecule has 0 aliphatic heterocycles.